The molecule has 5 atom stereocenters. The van der Waals surface area contributed by atoms with Crippen LogP contribution < -0.4 is 5.73 Å². The molecule has 3 fully saturated rings. The summed E-state index contributed by atoms with van der Waals surface area (Å²) >= 11 is 0. The van der Waals surface area contributed by atoms with E-state index in [1.807, 2.05) is 6.07 Å². The summed E-state index contributed by atoms with van der Waals surface area (Å²) in [5, 5.41) is 0. The van der Waals surface area contributed by atoms with Crippen LogP contribution in [0.5, 0.6) is 0 Å². The molecule has 0 spiro atoms. The Bertz CT molecular complexity index is 496. The maximum atomic E-state index is 13.3. The second kappa shape index (κ2) is 4.05. The molecule has 0 aromatic heterocycles. The molecule has 5 unspecified atom stereocenters. The lowest BCUT2D eigenvalue weighted by Crippen LogP contribution is -2.29. The van der Waals surface area contributed by atoms with Crippen LogP contribution in [0.2, 0.25) is 0 Å². The van der Waals surface area contributed by atoms with Gasteiger partial charge in [0.25, 0.3) is 0 Å². The molecule has 102 valence electrons. The third-order valence-electron chi connectivity index (χ3n) is 6.06. The van der Waals surface area contributed by atoms with E-state index in [0.717, 1.165) is 41.6 Å². The second-order valence-electron chi connectivity index (χ2n) is 7.00. The molecule has 0 saturated heterocycles. The van der Waals surface area contributed by atoms with E-state index in [4.69, 9.17) is 5.73 Å². The van der Waals surface area contributed by atoms with Crippen LogP contribution in [0.4, 0.5) is 4.39 Å². The van der Waals surface area contributed by atoms with Crippen molar-refractivity contribution in [2.24, 2.45) is 35.3 Å². The fourth-order valence-corrected chi connectivity index (χ4v) is 5.21. The zero-order valence-corrected chi connectivity index (χ0v) is 11.5. The third kappa shape index (κ3) is 1.76. The highest BCUT2D eigenvalue weighted by Crippen LogP contribution is 2.70. The Balaban J connectivity index is 1.48. The zero-order valence-electron chi connectivity index (χ0n) is 11.5. The van der Waals surface area contributed by atoms with Gasteiger partial charge in [-0.05, 0) is 85.5 Å². The largest absolute Gasteiger partial charge is 0.327 e. The Kier molecular flexibility index (Phi) is 2.54. The minimum absolute atomic E-state index is 0.135. The maximum Gasteiger partial charge on any atom is 0.123 e. The number of nitrogens with two attached hydrogens (primary N) is 1. The lowest BCUT2D eigenvalue weighted by atomic mass is 9.92. The van der Waals surface area contributed by atoms with E-state index >= 15 is 0 Å². The van der Waals surface area contributed by atoms with Gasteiger partial charge in [-0.1, -0.05) is 6.07 Å². The van der Waals surface area contributed by atoms with Crippen molar-refractivity contribution in [2.45, 2.75) is 38.6 Å². The normalized spacial score (nSPS) is 40.3. The predicted octanol–water partition coefficient (Wildman–Crippen LogP) is 3.30. The van der Waals surface area contributed by atoms with Crippen molar-refractivity contribution in [1.29, 1.82) is 0 Å². The maximum absolute atomic E-state index is 13.3. The fraction of sp³-hybridized carbons (Fsp3) is 0.647. The Morgan fingerprint density at radius 2 is 1.95 bits per heavy atom. The highest BCUT2D eigenvalue weighted by molar-refractivity contribution is 5.28. The molecular weight excluding hydrogens is 237 g/mol. The van der Waals surface area contributed by atoms with Crippen LogP contribution in [0, 0.1) is 42.3 Å². The van der Waals surface area contributed by atoms with Gasteiger partial charge in [-0.25, -0.2) is 4.39 Å². The first kappa shape index (κ1) is 11.9. The number of rotatable bonds is 3. The second-order valence-corrected chi connectivity index (χ2v) is 7.00. The summed E-state index contributed by atoms with van der Waals surface area (Å²) < 4.78 is 13.3. The number of fused-ring (bicyclic) bond motifs is 5. The molecule has 0 heterocycles. The van der Waals surface area contributed by atoms with E-state index in [1.165, 1.54) is 30.9 Å². The molecule has 3 aliphatic rings. The average molecular weight is 259 g/mol. The molecule has 4 rings (SSSR count). The van der Waals surface area contributed by atoms with E-state index in [2.05, 4.69) is 6.92 Å². The summed E-state index contributed by atoms with van der Waals surface area (Å²) in [4.78, 5) is 0. The van der Waals surface area contributed by atoms with Gasteiger partial charge in [0, 0.05) is 6.04 Å². The Hall–Kier alpha value is -0.890. The van der Waals surface area contributed by atoms with Crippen molar-refractivity contribution in [3.8, 4) is 0 Å². The van der Waals surface area contributed by atoms with Crippen LogP contribution in [0.25, 0.3) is 0 Å². The standard InChI is InChI=1S/C17H22FN/c1-9-2-5-13(18)7-12(9)8-14(19)17-15-10-3-4-11(6-10)16(15)17/h2,5,7,10-11,14-17H,3-4,6,8,19H2,1H3. The summed E-state index contributed by atoms with van der Waals surface area (Å²) in [6, 6.07) is 5.31. The van der Waals surface area contributed by atoms with Gasteiger partial charge < -0.3 is 5.73 Å². The lowest BCUT2D eigenvalue weighted by molar-refractivity contribution is 0.409. The molecule has 19 heavy (non-hydrogen) atoms. The van der Waals surface area contributed by atoms with E-state index in [9.17, 15) is 4.39 Å². The number of hydrogen-bond acceptors (Lipinski definition) is 1. The Labute approximate surface area is 114 Å². The van der Waals surface area contributed by atoms with Crippen molar-refractivity contribution in [2.75, 3.05) is 0 Å². The number of benzene rings is 1. The summed E-state index contributed by atoms with van der Waals surface area (Å²) in [5.74, 6) is 4.38. The van der Waals surface area contributed by atoms with Crippen molar-refractivity contribution < 1.29 is 4.39 Å². The van der Waals surface area contributed by atoms with Gasteiger partial charge in [0.05, 0.1) is 0 Å². The van der Waals surface area contributed by atoms with Gasteiger partial charge in [0.15, 0.2) is 0 Å². The van der Waals surface area contributed by atoms with Crippen molar-refractivity contribution in [3.63, 3.8) is 0 Å². The van der Waals surface area contributed by atoms with Crippen LogP contribution >= 0.6 is 0 Å². The first-order valence-corrected chi connectivity index (χ1v) is 7.66. The molecule has 2 N–H and O–H groups in total. The SMILES string of the molecule is Cc1ccc(F)cc1CC(N)C1C2C3CCC(C3)C12. The van der Waals surface area contributed by atoms with E-state index in [1.54, 1.807) is 6.07 Å². The van der Waals surface area contributed by atoms with Gasteiger partial charge in [0.1, 0.15) is 5.82 Å². The van der Waals surface area contributed by atoms with Gasteiger partial charge in [-0.2, -0.15) is 0 Å². The van der Waals surface area contributed by atoms with E-state index < -0.39 is 0 Å². The van der Waals surface area contributed by atoms with Crippen molar-refractivity contribution in [3.05, 3.63) is 35.1 Å². The minimum Gasteiger partial charge on any atom is -0.327 e. The predicted molar refractivity (Wildman–Crippen MR) is 74.1 cm³/mol. The molecule has 2 bridgehead atoms. The topological polar surface area (TPSA) is 26.0 Å². The highest BCUT2D eigenvalue weighted by Gasteiger charge is 2.65. The Morgan fingerprint density at radius 1 is 1.26 bits per heavy atom. The van der Waals surface area contributed by atoms with Gasteiger partial charge in [-0.15, -0.1) is 0 Å². The summed E-state index contributed by atoms with van der Waals surface area (Å²) in [6.07, 6.45) is 5.19. The fourth-order valence-electron chi connectivity index (χ4n) is 5.21. The number of halogens is 1. The molecule has 0 amide bonds. The van der Waals surface area contributed by atoms with Gasteiger partial charge in [-0.3, -0.25) is 0 Å². The monoisotopic (exact) mass is 259 g/mol. The smallest absolute Gasteiger partial charge is 0.123 e. The molecule has 3 saturated carbocycles. The summed E-state index contributed by atoms with van der Waals surface area (Å²) in [6.45, 7) is 2.05. The Morgan fingerprint density at radius 3 is 2.63 bits per heavy atom. The summed E-state index contributed by atoms with van der Waals surface area (Å²) in [7, 11) is 0. The molecule has 0 aliphatic heterocycles. The molecule has 0 radical (unpaired) electrons. The highest BCUT2D eigenvalue weighted by atomic mass is 19.1. The molecule has 1 aromatic rings. The first-order chi connectivity index (χ1) is 9.15. The molecule has 2 heteroatoms. The average Bonchev–Trinajstić information content (AvgIpc) is 2.83. The zero-order chi connectivity index (χ0) is 13.1. The van der Waals surface area contributed by atoms with Crippen molar-refractivity contribution >= 4 is 0 Å². The molecule has 1 aromatic carbocycles. The van der Waals surface area contributed by atoms with Crippen molar-refractivity contribution in [1.82, 2.24) is 0 Å². The van der Waals surface area contributed by atoms with Gasteiger partial charge >= 0.3 is 0 Å². The summed E-state index contributed by atoms with van der Waals surface area (Å²) in [5.41, 5.74) is 8.72. The number of aryl methyl sites for hydroxylation is 1. The van der Waals surface area contributed by atoms with E-state index in [0.29, 0.717) is 0 Å². The third-order valence-corrected chi connectivity index (χ3v) is 6.06. The van der Waals surface area contributed by atoms with Crippen LogP contribution in [0.1, 0.15) is 30.4 Å². The van der Waals surface area contributed by atoms with Crippen LogP contribution in [-0.2, 0) is 6.42 Å². The quantitative estimate of drug-likeness (QED) is 0.885. The van der Waals surface area contributed by atoms with E-state index in [-0.39, 0.29) is 11.9 Å². The molecule has 3 aliphatic carbocycles. The molecule has 1 nitrogen and oxygen atoms in total. The first-order valence-electron chi connectivity index (χ1n) is 7.66. The van der Waals surface area contributed by atoms with Crippen LogP contribution in [0.3, 0.4) is 0 Å². The van der Waals surface area contributed by atoms with Gasteiger partial charge in [0.2, 0.25) is 0 Å². The molecular formula is C17H22FN. The number of hydrogen-bond donors (Lipinski definition) is 1. The minimum atomic E-state index is -0.135. The lowest BCUT2D eigenvalue weighted by Gasteiger charge is -2.17. The van der Waals surface area contributed by atoms with Crippen LogP contribution in [0.15, 0.2) is 18.2 Å². The van der Waals surface area contributed by atoms with Crippen LogP contribution in [-0.4, -0.2) is 6.04 Å².